The lowest BCUT2D eigenvalue weighted by Crippen LogP contribution is -2.47. The van der Waals surface area contributed by atoms with Crippen molar-refractivity contribution in [3.8, 4) is 0 Å². The Morgan fingerprint density at radius 2 is 2.05 bits per heavy atom. The van der Waals surface area contributed by atoms with Crippen LogP contribution in [0.4, 0.5) is 19.0 Å². The van der Waals surface area contributed by atoms with E-state index < -0.39 is 22.9 Å². The summed E-state index contributed by atoms with van der Waals surface area (Å²) in [5.41, 5.74) is 13.3. The Labute approximate surface area is 221 Å². The second kappa shape index (κ2) is 11.4. The molecule has 200 valence electrons. The number of aromatic amines is 1. The van der Waals surface area contributed by atoms with E-state index in [-0.39, 0.29) is 17.8 Å². The van der Waals surface area contributed by atoms with Crippen molar-refractivity contribution >= 4 is 45.8 Å². The zero-order chi connectivity index (χ0) is 26.7. The number of hydrogen-bond acceptors (Lipinski definition) is 6. The number of benzene rings is 1. The minimum atomic E-state index is -4.65. The first-order valence-electron chi connectivity index (χ1n) is 11.8. The molecule has 1 amide bonds. The number of aromatic nitrogens is 2. The topological polar surface area (TPSA) is 125 Å². The van der Waals surface area contributed by atoms with Crippen molar-refractivity contribution < 1.29 is 18.0 Å². The van der Waals surface area contributed by atoms with Gasteiger partial charge >= 0.3 is 6.18 Å². The van der Waals surface area contributed by atoms with Gasteiger partial charge in [-0.15, -0.1) is 0 Å². The average Bonchev–Trinajstić information content (AvgIpc) is 3.21. The van der Waals surface area contributed by atoms with E-state index in [2.05, 4.69) is 25.5 Å². The van der Waals surface area contributed by atoms with Gasteiger partial charge in [0.15, 0.2) is 5.69 Å². The highest BCUT2D eigenvalue weighted by atomic mass is 35.5. The lowest BCUT2D eigenvalue weighted by atomic mass is 9.97. The fourth-order valence-electron chi connectivity index (χ4n) is 4.59. The van der Waals surface area contributed by atoms with Crippen LogP contribution in [-0.4, -0.2) is 59.5 Å². The minimum absolute atomic E-state index is 0.0762. The minimum Gasteiger partial charge on any atom is -0.369 e. The first kappa shape index (κ1) is 27.5. The van der Waals surface area contributed by atoms with Crippen LogP contribution in [0.1, 0.15) is 29.4 Å². The van der Waals surface area contributed by atoms with Crippen LogP contribution in [0.15, 0.2) is 30.3 Å². The van der Waals surface area contributed by atoms with Gasteiger partial charge in [-0.25, -0.2) is 4.98 Å². The van der Waals surface area contributed by atoms with Gasteiger partial charge in [-0.05, 0) is 55.3 Å². The van der Waals surface area contributed by atoms with Crippen molar-refractivity contribution in [3.63, 3.8) is 0 Å². The number of halogens is 5. The van der Waals surface area contributed by atoms with Crippen LogP contribution in [0.3, 0.4) is 0 Å². The molecule has 13 heteroatoms. The number of pyridine rings is 1. The van der Waals surface area contributed by atoms with Crippen molar-refractivity contribution in [3.05, 3.63) is 57.3 Å². The van der Waals surface area contributed by atoms with Gasteiger partial charge in [-0.2, -0.15) is 13.2 Å². The number of carbonyl (C=O) groups excluding carboxylic acids is 1. The molecule has 2 aromatic heterocycles. The number of nitrogens with two attached hydrogens (primary N) is 2. The molecule has 2 unspecified atom stereocenters. The van der Waals surface area contributed by atoms with Crippen LogP contribution in [0.25, 0.3) is 10.9 Å². The molecule has 7 N–H and O–H groups in total. The van der Waals surface area contributed by atoms with E-state index in [0.29, 0.717) is 44.2 Å². The number of alkyl halides is 3. The molecule has 37 heavy (non-hydrogen) atoms. The Morgan fingerprint density at radius 3 is 2.78 bits per heavy atom. The SMILES string of the molecule is NCCC(N)C(=O)NCC1c2[nH]c3ccc(Cl)cc3c2CCN1CCNc1ccc(Cl)c(C(F)(F)F)n1. The molecule has 4 rings (SSSR count). The van der Waals surface area contributed by atoms with Crippen LogP contribution in [0, 0.1) is 0 Å². The van der Waals surface area contributed by atoms with Gasteiger partial charge in [-0.1, -0.05) is 23.2 Å². The molecule has 0 saturated carbocycles. The van der Waals surface area contributed by atoms with Crippen molar-refractivity contribution in [1.29, 1.82) is 0 Å². The van der Waals surface area contributed by atoms with Crippen molar-refractivity contribution in [2.45, 2.75) is 31.1 Å². The van der Waals surface area contributed by atoms with Gasteiger partial charge in [0.1, 0.15) is 5.82 Å². The molecule has 0 bridgehead atoms. The summed E-state index contributed by atoms with van der Waals surface area (Å²) in [6, 6.07) is 7.30. The fourth-order valence-corrected chi connectivity index (χ4v) is 4.98. The van der Waals surface area contributed by atoms with Gasteiger partial charge in [0.05, 0.1) is 17.1 Å². The summed E-state index contributed by atoms with van der Waals surface area (Å²) in [4.78, 5) is 21.7. The molecule has 3 heterocycles. The highest BCUT2D eigenvalue weighted by Gasteiger charge is 2.35. The lowest BCUT2D eigenvalue weighted by molar-refractivity contribution is -0.141. The average molecular weight is 558 g/mol. The number of hydrogen-bond donors (Lipinski definition) is 5. The van der Waals surface area contributed by atoms with Gasteiger partial charge in [0.25, 0.3) is 0 Å². The summed E-state index contributed by atoms with van der Waals surface area (Å²) in [6.45, 7) is 2.08. The molecule has 0 spiro atoms. The van der Waals surface area contributed by atoms with E-state index in [9.17, 15) is 18.0 Å². The van der Waals surface area contributed by atoms with Crippen LogP contribution in [-0.2, 0) is 17.4 Å². The first-order valence-corrected chi connectivity index (χ1v) is 12.6. The number of rotatable bonds is 9. The van der Waals surface area contributed by atoms with Crippen molar-refractivity contribution in [2.75, 3.05) is 38.0 Å². The van der Waals surface area contributed by atoms with Crippen LogP contribution in [0.5, 0.6) is 0 Å². The zero-order valence-corrected chi connectivity index (χ0v) is 21.4. The van der Waals surface area contributed by atoms with Crippen LogP contribution in [0.2, 0.25) is 10.0 Å². The second-order valence-electron chi connectivity index (χ2n) is 8.89. The molecule has 2 atom stereocenters. The Balaban J connectivity index is 1.51. The van der Waals surface area contributed by atoms with E-state index in [4.69, 9.17) is 34.7 Å². The first-order chi connectivity index (χ1) is 17.6. The van der Waals surface area contributed by atoms with E-state index in [1.165, 1.54) is 12.1 Å². The Hall–Kier alpha value is -2.57. The Bertz CT molecular complexity index is 1270. The smallest absolute Gasteiger partial charge is 0.369 e. The number of nitrogens with one attached hydrogen (secondary N) is 3. The molecule has 0 saturated heterocycles. The van der Waals surface area contributed by atoms with Gasteiger partial charge in [0, 0.05) is 47.8 Å². The van der Waals surface area contributed by atoms with Gasteiger partial charge in [-0.3, -0.25) is 9.69 Å². The summed E-state index contributed by atoms with van der Waals surface area (Å²) < 4.78 is 39.5. The highest BCUT2D eigenvalue weighted by Crippen LogP contribution is 2.36. The van der Waals surface area contributed by atoms with Gasteiger partial charge in [0.2, 0.25) is 5.91 Å². The summed E-state index contributed by atoms with van der Waals surface area (Å²) in [5, 5.41) is 7.08. The number of anilines is 1. The predicted octanol–water partition coefficient (Wildman–Crippen LogP) is 3.69. The standard InChI is InChI=1S/C24H28Cl2F3N7O/c25-13-1-3-18-15(11-13)14-6-9-36(19(21(14)34-18)12-33-23(37)17(31)5-7-30)10-8-32-20-4-2-16(26)22(35-20)24(27,28)29/h1-4,11,17,19,34H,5-10,12,30-31H2,(H,32,35)(H,33,37). The van der Waals surface area contributed by atoms with E-state index >= 15 is 0 Å². The van der Waals surface area contributed by atoms with E-state index in [1.807, 2.05) is 18.2 Å². The molecule has 8 nitrogen and oxygen atoms in total. The highest BCUT2D eigenvalue weighted by molar-refractivity contribution is 6.31. The van der Waals surface area contributed by atoms with E-state index in [0.717, 1.165) is 28.6 Å². The number of carbonyl (C=O) groups is 1. The molecule has 0 aliphatic carbocycles. The maximum atomic E-state index is 13.2. The molecular weight excluding hydrogens is 530 g/mol. The number of amides is 1. The van der Waals surface area contributed by atoms with Gasteiger partial charge < -0.3 is 27.1 Å². The second-order valence-corrected chi connectivity index (χ2v) is 9.73. The lowest BCUT2D eigenvalue weighted by Gasteiger charge is -2.36. The Morgan fingerprint density at radius 1 is 1.27 bits per heavy atom. The van der Waals surface area contributed by atoms with Crippen molar-refractivity contribution in [2.24, 2.45) is 11.5 Å². The summed E-state index contributed by atoms with van der Waals surface area (Å²) in [7, 11) is 0. The summed E-state index contributed by atoms with van der Waals surface area (Å²) in [5.74, 6) is -0.216. The summed E-state index contributed by atoms with van der Waals surface area (Å²) >= 11 is 11.9. The third-order valence-electron chi connectivity index (χ3n) is 6.43. The van der Waals surface area contributed by atoms with E-state index in [1.54, 1.807) is 0 Å². The number of nitrogens with zero attached hydrogens (tertiary/aromatic N) is 2. The maximum absolute atomic E-state index is 13.2. The quantitative estimate of drug-likeness (QED) is 0.273. The molecule has 1 aliphatic rings. The Kier molecular flexibility index (Phi) is 8.49. The third kappa shape index (κ3) is 6.29. The van der Waals surface area contributed by atoms with Crippen LogP contribution < -0.4 is 22.1 Å². The number of H-pyrrole nitrogens is 1. The predicted molar refractivity (Wildman–Crippen MR) is 139 cm³/mol. The fraction of sp³-hybridized carbons (Fsp3) is 0.417. The molecule has 3 aromatic rings. The molecule has 1 aromatic carbocycles. The monoisotopic (exact) mass is 557 g/mol. The molecule has 1 aliphatic heterocycles. The largest absolute Gasteiger partial charge is 0.434 e. The van der Waals surface area contributed by atoms with Crippen LogP contribution >= 0.6 is 23.2 Å². The number of fused-ring (bicyclic) bond motifs is 3. The zero-order valence-electron chi connectivity index (χ0n) is 19.8. The third-order valence-corrected chi connectivity index (χ3v) is 6.97. The normalized spacial score (nSPS) is 17.0. The van der Waals surface area contributed by atoms with Crippen molar-refractivity contribution in [1.82, 2.24) is 20.2 Å². The maximum Gasteiger partial charge on any atom is 0.434 e. The molecular formula is C24H28Cl2F3N7O. The molecule has 0 radical (unpaired) electrons. The molecule has 0 fully saturated rings. The summed E-state index contributed by atoms with van der Waals surface area (Å²) in [6.07, 6.45) is -3.54.